The normalized spacial score (nSPS) is 14.8. The summed E-state index contributed by atoms with van der Waals surface area (Å²) in [4.78, 5) is 14.3. The average molecular weight is 523 g/mol. The number of anilines is 3. The third kappa shape index (κ3) is 4.45. The van der Waals surface area contributed by atoms with E-state index in [1.807, 2.05) is 18.2 Å². The van der Waals surface area contributed by atoms with Crippen LogP contribution in [0.4, 0.5) is 17.6 Å². The molecule has 0 unspecified atom stereocenters. The van der Waals surface area contributed by atoms with Gasteiger partial charge in [-0.1, -0.05) is 54.6 Å². The maximum absolute atomic E-state index is 5.62. The van der Waals surface area contributed by atoms with E-state index in [1.54, 1.807) is 0 Å². The lowest BCUT2D eigenvalue weighted by atomic mass is 10.1. The van der Waals surface area contributed by atoms with Crippen LogP contribution in [-0.4, -0.2) is 21.9 Å². The molecule has 0 saturated carbocycles. The second kappa shape index (κ2) is 9.50. The molecule has 1 aromatic heterocycles. The van der Waals surface area contributed by atoms with E-state index >= 15 is 0 Å². The molecule has 3 aliphatic rings. The molecule has 38 heavy (non-hydrogen) atoms. The molecule has 4 aromatic rings. The van der Waals surface area contributed by atoms with Gasteiger partial charge >= 0.3 is 0 Å². The van der Waals surface area contributed by atoms with Gasteiger partial charge < -0.3 is 29.9 Å². The van der Waals surface area contributed by atoms with Crippen LogP contribution in [0.5, 0.6) is 11.5 Å². The topological polar surface area (TPSA) is 74.8 Å². The number of rotatable bonds is 5. The predicted octanol–water partition coefficient (Wildman–Crippen LogP) is 4.73. The molecule has 9 heteroatoms. The number of hydrogen-bond acceptors (Lipinski definition) is 7. The first-order chi connectivity index (χ1) is 18.7. The van der Waals surface area contributed by atoms with Crippen molar-refractivity contribution in [1.29, 1.82) is 0 Å². The maximum atomic E-state index is 5.62. The van der Waals surface area contributed by atoms with Gasteiger partial charge in [0.2, 0.25) is 12.7 Å². The molecule has 0 fully saturated rings. The molecule has 190 valence electrons. The molecule has 3 aliphatic heterocycles. The van der Waals surface area contributed by atoms with E-state index in [9.17, 15) is 0 Å². The van der Waals surface area contributed by atoms with Crippen LogP contribution in [0.1, 0.15) is 27.8 Å². The fraction of sp³-hybridized carbons (Fsp3) is 0.207. The number of ether oxygens (including phenoxy) is 2. The highest BCUT2D eigenvalue weighted by Gasteiger charge is 2.25. The summed E-state index contributed by atoms with van der Waals surface area (Å²) in [6.45, 7) is 4.07. The van der Waals surface area contributed by atoms with Crippen molar-refractivity contribution in [3.05, 3.63) is 101 Å². The molecule has 0 aliphatic carbocycles. The van der Waals surface area contributed by atoms with Crippen LogP contribution in [0.25, 0.3) is 0 Å². The fourth-order valence-corrected chi connectivity index (χ4v) is 5.33. The van der Waals surface area contributed by atoms with Gasteiger partial charge in [-0.3, -0.25) is 0 Å². The third-order valence-corrected chi connectivity index (χ3v) is 7.39. The van der Waals surface area contributed by atoms with Crippen molar-refractivity contribution in [2.75, 3.05) is 21.9 Å². The number of nitrogens with zero attached hydrogens (tertiary/aromatic N) is 4. The van der Waals surface area contributed by atoms with Gasteiger partial charge in [0.05, 0.1) is 0 Å². The minimum absolute atomic E-state index is 0.256. The Labute approximate surface area is 226 Å². The molecule has 0 spiro atoms. The van der Waals surface area contributed by atoms with Gasteiger partial charge in [-0.25, -0.2) is 0 Å². The first kappa shape index (κ1) is 22.8. The van der Waals surface area contributed by atoms with Crippen molar-refractivity contribution < 1.29 is 9.47 Å². The maximum Gasteiger partial charge on any atom is 0.232 e. The van der Waals surface area contributed by atoms with Crippen molar-refractivity contribution >= 4 is 34.9 Å². The number of fused-ring (bicyclic) bond motifs is 3. The van der Waals surface area contributed by atoms with Gasteiger partial charge in [-0.15, -0.1) is 0 Å². The summed E-state index contributed by atoms with van der Waals surface area (Å²) in [6.07, 6.45) is 0. The van der Waals surface area contributed by atoms with Crippen LogP contribution in [0.3, 0.4) is 0 Å². The monoisotopic (exact) mass is 522 g/mol. The highest BCUT2D eigenvalue weighted by molar-refractivity contribution is 7.80. The molecule has 4 heterocycles. The third-order valence-electron chi connectivity index (χ3n) is 7.14. The fourth-order valence-electron chi connectivity index (χ4n) is 5.17. The second-order valence-corrected chi connectivity index (χ2v) is 10.1. The van der Waals surface area contributed by atoms with Crippen LogP contribution in [-0.2, 0) is 32.7 Å². The average Bonchev–Trinajstić information content (AvgIpc) is 3.69. The molecule has 3 aromatic carbocycles. The number of hydrogen-bond donors (Lipinski definition) is 2. The first-order valence-electron chi connectivity index (χ1n) is 12.6. The van der Waals surface area contributed by atoms with E-state index in [0.717, 1.165) is 54.9 Å². The number of nitrogens with one attached hydrogen (secondary N) is 2. The quantitative estimate of drug-likeness (QED) is 0.362. The largest absolute Gasteiger partial charge is 0.454 e. The van der Waals surface area contributed by atoms with Crippen LogP contribution < -0.4 is 29.9 Å². The molecule has 0 amide bonds. The molecule has 2 N–H and O–H groups in total. The summed E-state index contributed by atoms with van der Waals surface area (Å²) < 4.78 is 10.9. The van der Waals surface area contributed by atoms with Gasteiger partial charge in [0.15, 0.2) is 16.6 Å². The second-order valence-electron chi connectivity index (χ2n) is 9.65. The molecule has 0 radical (unpaired) electrons. The van der Waals surface area contributed by atoms with Gasteiger partial charge in [-0.05, 0) is 52.2 Å². The predicted molar refractivity (Wildman–Crippen MR) is 150 cm³/mol. The summed E-state index contributed by atoms with van der Waals surface area (Å²) >= 11 is 5.62. The standard InChI is InChI=1S/C29H26N6O2S/c38-29(30-13-19-9-10-24-25(11-19)37-18-36-24)33-28-31-26(34-14-20-5-1-2-6-21(20)15-34)12-27(32-28)35-16-22-7-3-4-8-23(22)17-35/h1-12H,13-18H2,(H2,30,31,32,33,38). The Kier molecular flexibility index (Phi) is 5.70. The Balaban J connectivity index is 1.11. The Hall–Kier alpha value is -4.37. The first-order valence-corrected chi connectivity index (χ1v) is 13.0. The molecular weight excluding hydrogens is 496 g/mol. The van der Waals surface area contributed by atoms with Crippen LogP contribution in [0.2, 0.25) is 0 Å². The van der Waals surface area contributed by atoms with Crippen LogP contribution in [0.15, 0.2) is 72.8 Å². The molecule has 0 bridgehead atoms. The Morgan fingerprint density at radius 3 is 1.87 bits per heavy atom. The Morgan fingerprint density at radius 2 is 1.29 bits per heavy atom. The molecule has 8 nitrogen and oxygen atoms in total. The summed E-state index contributed by atoms with van der Waals surface area (Å²) in [5.74, 6) is 3.75. The lowest BCUT2D eigenvalue weighted by Gasteiger charge is -2.22. The smallest absolute Gasteiger partial charge is 0.232 e. The van der Waals surface area contributed by atoms with Gasteiger partial charge in [0.25, 0.3) is 0 Å². The van der Waals surface area contributed by atoms with Gasteiger partial charge in [-0.2, -0.15) is 9.97 Å². The zero-order valence-electron chi connectivity index (χ0n) is 20.7. The number of benzene rings is 3. The Morgan fingerprint density at radius 1 is 0.737 bits per heavy atom. The SMILES string of the molecule is S=C(NCc1ccc2c(c1)OCO2)Nc1nc(N2Cc3ccccc3C2)cc(N2Cc3ccccc3C2)n1. The van der Waals surface area contributed by atoms with Crippen molar-refractivity contribution in [2.24, 2.45) is 0 Å². The lowest BCUT2D eigenvalue weighted by molar-refractivity contribution is 0.174. The number of thiocarbonyl (C=S) groups is 1. The van der Waals surface area contributed by atoms with Gasteiger partial charge in [0, 0.05) is 38.8 Å². The van der Waals surface area contributed by atoms with Crippen molar-refractivity contribution in [1.82, 2.24) is 15.3 Å². The zero-order chi connectivity index (χ0) is 25.5. The van der Waals surface area contributed by atoms with E-state index < -0.39 is 0 Å². The van der Waals surface area contributed by atoms with E-state index in [-0.39, 0.29) is 6.79 Å². The zero-order valence-corrected chi connectivity index (χ0v) is 21.5. The van der Waals surface area contributed by atoms with Crippen LogP contribution in [0, 0.1) is 0 Å². The molecule has 7 rings (SSSR count). The summed E-state index contributed by atoms with van der Waals surface area (Å²) in [6, 6.07) is 25.1. The van der Waals surface area contributed by atoms with Crippen molar-refractivity contribution in [3.63, 3.8) is 0 Å². The molecular formula is C29H26N6O2S. The lowest BCUT2D eigenvalue weighted by Crippen LogP contribution is -2.29. The van der Waals surface area contributed by atoms with Crippen LogP contribution >= 0.6 is 12.2 Å². The number of aromatic nitrogens is 2. The molecule has 0 atom stereocenters. The van der Waals surface area contributed by atoms with E-state index in [0.29, 0.717) is 17.6 Å². The van der Waals surface area contributed by atoms with E-state index in [2.05, 4.69) is 75.0 Å². The summed E-state index contributed by atoms with van der Waals surface area (Å²) in [7, 11) is 0. The minimum atomic E-state index is 0.256. The highest BCUT2D eigenvalue weighted by Crippen LogP contribution is 2.34. The van der Waals surface area contributed by atoms with Crippen molar-refractivity contribution in [3.8, 4) is 11.5 Å². The summed E-state index contributed by atoms with van der Waals surface area (Å²) in [5, 5.41) is 6.94. The van der Waals surface area contributed by atoms with Crippen molar-refractivity contribution in [2.45, 2.75) is 32.7 Å². The summed E-state index contributed by atoms with van der Waals surface area (Å²) in [5.41, 5.74) is 6.36. The molecule has 0 saturated heterocycles. The minimum Gasteiger partial charge on any atom is -0.454 e. The van der Waals surface area contributed by atoms with Gasteiger partial charge in [0.1, 0.15) is 11.6 Å². The Bertz CT molecular complexity index is 1420. The van der Waals surface area contributed by atoms with E-state index in [4.69, 9.17) is 31.7 Å². The highest BCUT2D eigenvalue weighted by atomic mass is 32.1. The van der Waals surface area contributed by atoms with E-state index in [1.165, 1.54) is 22.3 Å².